The maximum absolute atomic E-state index is 12.9. The zero-order valence-corrected chi connectivity index (χ0v) is 50.4. The summed E-state index contributed by atoms with van der Waals surface area (Å²) in [6.45, 7) is 6.48. The maximum Gasteiger partial charge on any atom is 0.306 e. The summed E-state index contributed by atoms with van der Waals surface area (Å²) in [6.07, 6.45) is 88.0. The average Bonchev–Trinajstić information content (AvgIpc) is 3.43. The molecule has 0 aliphatic carbocycles. The van der Waals surface area contributed by atoms with E-state index in [1.54, 1.807) is 0 Å². The van der Waals surface area contributed by atoms with E-state index in [4.69, 9.17) is 14.2 Å². The third-order valence-corrected chi connectivity index (χ3v) is 13.7. The maximum atomic E-state index is 12.9. The van der Waals surface area contributed by atoms with Crippen molar-refractivity contribution in [3.05, 3.63) is 109 Å². The summed E-state index contributed by atoms with van der Waals surface area (Å²) in [6, 6.07) is 0. The van der Waals surface area contributed by atoms with Crippen LogP contribution in [0.15, 0.2) is 109 Å². The third-order valence-electron chi connectivity index (χ3n) is 13.7. The molecule has 77 heavy (non-hydrogen) atoms. The van der Waals surface area contributed by atoms with E-state index in [0.29, 0.717) is 12.8 Å². The van der Waals surface area contributed by atoms with Gasteiger partial charge in [-0.05, 0) is 128 Å². The fourth-order valence-corrected chi connectivity index (χ4v) is 8.88. The largest absolute Gasteiger partial charge is 0.462 e. The monoisotopic (exact) mass is 1070 g/mol. The molecule has 0 saturated carbocycles. The van der Waals surface area contributed by atoms with Crippen molar-refractivity contribution < 1.29 is 28.6 Å². The summed E-state index contributed by atoms with van der Waals surface area (Å²) in [4.78, 5) is 38.4. The molecule has 0 spiro atoms. The molecule has 440 valence electrons. The molecule has 6 heteroatoms. The summed E-state index contributed by atoms with van der Waals surface area (Å²) in [5.41, 5.74) is 0. The van der Waals surface area contributed by atoms with Gasteiger partial charge in [-0.1, -0.05) is 265 Å². The van der Waals surface area contributed by atoms with Crippen molar-refractivity contribution in [2.75, 3.05) is 13.2 Å². The molecule has 0 aromatic carbocycles. The highest BCUT2D eigenvalue weighted by Crippen LogP contribution is 2.15. The van der Waals surface area contributed by atoms with Crippen molar-refractivity contribution in [3.8, 4) is 0 Å². The number of allylic oxidation sites excluding steroid dienone is 18. The lowest BCUT2D eigenvalue weighted by molar-refractivity contribution is -0.167. The first-order valence-corrected chi connectivity index (χ1v) is 32.4. The molecule has 0 rings (SSSR count). The van der Waals surface area contributed by atoms with Gasteiger partial charge in [0, 0.05) is 19.3 Å². The number of unbranched alkanes of at least 4 members (excludes halogenated alkanes) is 29. The highest BCUT2D eigenvalue weighted by Gasteiger charge is 2.19. The topological polar surface area (TPSA) is 78.9 Å². The Bertz CT molecular complexity index is 1560. The van der Waals surface area contributed by atoms with E-state index >= 15 is 0 Å². The van der Waals surface area contributed by atoms with Crippen molar-refractivity contribution in [1.29, 1.82) is 0 Å². The molecular formula is C71H120O6. The van der Waals surface area contributed by atoms with E-state index < -0.39 is 6.10 Å². The molecule has 1 atom stereocenters. The zero-order valence-electron chi connectivity index (χ0n) is 50.4. The number of hydrogen-bond donors (Lipinski definition) is 0. The minimum absolute atomic E-state index is 0.0957. The van der Waals surface area contributed by atoms with Crippen LogP contribution in [0.1, 0.15) is 303 Å². The highest BCUT2D eigenvalue weighted by atomic mass is 16.6. The van der Waals surface area contributed by atoms with Gasteiger partial charge in [-0.15, -0.1) is 0 Å². The predicted molar refractivity (Wildman–Crippen MR) is 334 cm³/mol. The molecule has 0 aromatic rings. The zero-order chi connectivity index (χ0) is 55.7. The van der Waals surface area contributed by atoms with Crippen LogP contribution in [0.2, 0.25) is 0 Å². The van der Waals surface area contributed by atoms with Crippen molar-refractivity contribution in [1.82, 2.24) is 0 Å². The van der Waals surface area contributed by atoms with Crippen LogP contribution in [0.3, 0.4) is 0 Å². The van der Waals surface area contributed by atoms with Crippen LogP contribution in [-0.4, -0.2) is 37.2 Å². The predicted octanol–water partition coefficient (Wildman–Crippen LogP) is 22.2. The Morgan fingerprint density at radius 2 is 0.506 bits per heavy atom. The van der Waals surface area contributed by atoms with Gasteiger partial charge < -0.3 is 14.2 Å². The van der Waals surface area contributed by atoms with Crippen LogP contribution in [0.5, 0.6) is 0 Å². The first-order chi connectivity index (χ1) is 38.0. The average molecular weight is 1070 g/mol. The third kappa shape index (κ3) is 62.8. The van der Waals surface area contributed by atoms with Crippen LogP contribution in [-0.2, 0) is 28.6 Å². The van der Waals surface area contributed by atoms with Crippen molar-refractivity contribution in [3.63, 3.8) is 0 Å². The lowest BCUT2D eigenvalue weighted by Crippen LogP contribution is -2.30. The van der Waals surface area contributed by atoms with Gasteiger partial charge in [0.25, 0.3) is 0 Å². The van der Waals surface area contributed by atoms with Gasteiger partial charge in [0.2, 0.25) is 0 Å². The smallest absolute Gasteiger partial charge is 0.306 e. The summed E-state index contributed by atoms with van der Waals surface area (Å²) in [5.74, 6) is -0.928. The molecule has 0 fully saturated rings. The summed E-state index contributed by atoms with van der Waals surface area (Å²) in [5, 5.41) is 0. The summed E-state index contributed by atoms with van der Waals surface area (Å²) in [7, 11) is 0. The van der Waals surface area contributed by atoms with E-state index in [1.165, 1.54) is 154 Å². The highest BCUT2D eigenvalue weighted by molar-refractivity contribution is 5.71. The Morgan fingerprint density at radius 3 is 0.831 bits per heavy atom. The van der Waals surface area contributed by atoms with Gasteiger partial charge in [-0.3, -0.25) is 14.4 Å². The molecule has 6 nitrogen and oxygen atoms in total. The molecule has 0 amide bonds. The second-order valence-electron chi connectivity index (χ2n) is 21.3. The summed E-state index contributed by atoms with van der Waals surface area (Å²) < 4.78 is 16.9. The molecule has 0 bridgehead atoms. The quantitative estimate of drug-likeness (QED) is 0.0261. The van der Waals surface area contributed by atoms with Gasteiger partial charge >= 0.3 is 17.9 Å². The number of hydrogen-bond acceptors (Lipinski definition) is 6. The van der Waals surface area contributed by atoms with Gasteiger partial charge in [-0.25, -0.2) is 0 Å². The SMILES string of the molecule is CC/C=C\C/C=C\C/C=C\C/C=C\C/C=C\CCCCCC(=O)OC(COC(=O)CCCCCCCCCCC/C=C\C/C=C\CCCCC)COC(=O)CCCCCCCCCCC/C=C\C/C=C\CCCCCCC. The van der Waals surface area contributed by atoms with E-state index in [-0.39, 0.29) is 37.5 Å². The molecule has 0 heterocycles. The number of ether oxygens (including phenoxy) is 3. The fraction of sp³-hybridized carbons (Fsp3) is 0.704. The number of carbonyl (C=O) groups excluding carboxylic acids is 3. The lowest BCUT2D eigenvalue weighted by atomic mass is 10.1. The van der Waals surface area contributed by atoms with E-state index in [2.05, 4.69) is 130 Å². The summed E-state index contributed by atoms with van der Waals surface area (Å²) >= 11 is 0. The van der Waals surface area contributed by atoms with Gasteiger partial charge in [0.1, 0.15) is 13.2 Å². The molecule has 1 unspecified atom stereocenters. The Kier molecular flexibility index (Phi) is 61.3. The Labute approximate surface area is 476 Å². The number of rotatable bonds is 58. The molecule has 0 saturated heterocycles. The second kappa shape index (κ2) is 64.6. The number of esters is 3. The minimum Gasteiger partial charge on any atom is -0.462 e. The van der Waals surface area contributed by atoms with E-state index in [9.17, 15) is 14.4 Å². The van der Waals surface area contributed by atoms with Crippen LogP contribution in [0.4, 0.5) is 0 Å². The van der Waals surface area contributed by atoms with E-state index in [1.807, 2.05) is 0 Å². The Hall–Kier alpha value is -3.93. The molecule has 0 aliphatic rings. The van der Waals surface area contributed by atoms with Crippen LogP contribution >= 0.6 is 0 Å². The molecule has 0 N–H and O–H groups in total. The van der Waals surface area contributed by atoms with Crippen molar-refractivity contribution >= 4 is 17.9 Å². The Morgan fingerprint density at radius 1 is 0.273 bits per heavy atom. The van der Waals surface area contributed by atoms with Gasteiger partial charge in [-0.2, -0.15) is 0 Å². The van der Waals surface area contributed by atoms with Crippen LogP contribution < -0.4 is 0 Å². The first-order valence-electron chi connectivity index (χ1n) is 32.4. The number of carbonyl (C=O) groups is 3. The van der Waals surface area contributed by atoms with Crippen LogP contribution in [0, 0.1) is 0 Å². The van der Waals surface area contributed by atoms with Crippen LogP contribution in [0.25, 0.3) is 0 Å². The molecular weight excluding hydrogens is 949 g/mol. The molecule has 0 radical (unpaired) electrons. The fourth-order valence-electron chi connectivity index (χ4n) is 8.88. The molecule has 0 aliphatic heterocycles. The molecule has 0 aromatic heterocycles. The first kappa shape index (κ1) is 73.1. The van der Waals surface area contributed by atoms with Gasteiger partial charge in [0.15, 0.2) is 6.10 Å². The lowest BCUT2D eigenvalue weighted by Gasteiger charge is -2.18. The Balaban J connectivity index is 4.45. The minimum atomic E-state index is -0.803. The standard InChI is InChI=1S/C71H120O6/c1-4-7-10-13-16-19-22-25-28-31-34-35-38-40-43-46-49-52-55-58-61-64-70(73)76-67-68(77-71(74)65-62-59-56-53-50-47-44-41-37-33-30-27-24-21-18-15-12-9-6-3)66-75-69(72)63-60-57-54-51-48-45-42-39-36-32-29-26-23-20-17-14-11-8-5-2/h9,12,17-18,20-22,25-27,29-31,34,37,41,47,50,68H,4-8,10-11,13-16,19,23-24,28,32-33,35-36,38-40,42-46,48-49,51-67H2,1-3H3/b12-9-,20-17-,21-18-,25-22-,29-26-,30-27-,34-31-,41-37-,50-47-. The second-order valence-corrected chi connectivity index (χ2v) is 21.3. The van der Waals surface area contributed by atoms with Crippen molar-refractivity contribution in [2.45, 2.75) is 309 Å². The van der Waals surface area contributed by atoms with E-state index in [0.717, 1.165) is 109 Å². The van der Waals surface area contributed by atoms with Crippen molar-refractivity contribution in [2.24, 2.45) is 0 Å². The van der Waals surface area contributed by atoms with Gasteiger partial charge in [0.05, 0.1) is 0 Å². The normalized spacial score (nSPS) is 12.8.